The maximum atomic E-state index is 9.93. The van der Waals surface area contributed by atoms with Gasteiger partial charge in [-0.1, -0.05) is 72.8 Å². The number of hydrogen-bond donors (Lipinski definition) is 0. The molecule has 0 saturated carbocycles. The molecule has 0 N–H and O–H groups in total. The van der Waals surface area contributed by atoms with Crippen LogP contribution in [0.25, 0.3) is 22.5 Å². The number of furan rings is 1. The van der Waals surface area contributed by atoms with E-state index in [0.29, 0.717) is 17.9 Å². The Morgan fingerprint density at radius 3 is 2.30 bits per heavy atom. The van der Waals surface area contributed by atoms with Crippen LogP contribution in [-0.4, -0.2) is 12.8 Å². The third-order valence-corrected chi connectivity index (χ3v) is 4.60. The van der Waals surface area contributed by atoms with Crippen LogP contribution in [0.1, 0.15) is 18.1 Å². The zero-order valence-corrected chi connectivity index (χ0v) is 16.6. The highest BCUT2D eigenvalue weighted by Gasteiger charge is 2.22. The minimum Gasteiger partial charge on any atom is -0.494 e. The summed E-state index contributed by atoms with van der Waals surface area (Å²) in [6, 6.07) is 29.5. The molecule has 4 aromatic rings. The predicted octanol–water partition coefficient (Wildman–Crippen LogP) is 6.63. The molecule has 1 aromatic heterocycles. The molecule has 146 valence electrons. The van der Waals surface area contributed by atoms with Crippen LogP contribution in [0.3, 0.4) is 0 Å². The molecule has 3 aromatic carbocycles. The van der Waals surface area contributed by atoms with Gasteiger partial charge in [0.15, 0.2) is 0 Å². The molecular formula is C26H20N2O2. The molecule has 30 heavy (non-hydrogen) atoms. The van der Waals surface area contributed by atoms with E-state index in [1.54, 1.807) is 6.21 Å². The number of rotatable bonds is 6. The number of ether oxygens (including phenoxy) is 1. The van der Waals surface area contributed by atoms with Gasteiger partial charge in [-0.15, -0.1) is 0 Å². The highest BCUT2D eigenvalue weighted by atomic mass is 16.5. The fourth-order valence-electron chi connectivity index (χ4n) is 3.27. The van der Waals surface area contributed by atoms with Crippen molar-refractivity contribution in [3.63, 3.8) is 0 Å². The summed E-state index contributed by atoms with van der Waals surface area (Å²) in [5.74, 6) is 1.70. The van der Waals surface area contributed by atoms with Gasteiger partial charge in [-0.25, -0.2) is 4.99 Å². The van der Waals surface area contributed by atoms with Crippen molar-refractivity contribution in [1.82, 2.24) is 0 Å². The van der Waals surface area contributed by atoms with E-state index in [1.165, 1.54) is 0 Å². The molecule has 0 aliphatic heterocycles. The Labute approximate surface area is 175 Å². The van der Waals surface area contributed by atoms with E-state index in [-0.39, 0.29) is 5.88 Å². The van der Waals surface area contributed by atoms with Crippen molar-refractivity contribution in [2.45, 2.75) is 6.92 Å². The van der Waals surface area contributed by atoms with Gasteiger partial charge >= 0.3 is 0 Å². The van der Waals surface area contributed by atoms with Crippen LogP contribution in [0, 0.1) is 11.3 Å². The third kappa shape index (κ3) is 4.01. The van der Waals surface area contributed by atoms with Crippen LogP contribution in [0.4, 0.5) is 5.88 Å². The minimum atomic E-state index is 0.289. The lowest BCUT2D eigenvalue weighted by Crippen LogP contribution is -1.92. The molecule has 0 aliphatic carbocycles. The number of aliphatic imine (C=N–C) groups is 1. The Morgan fingerprint density at radius 2 is 1.63 bits per heavy atom. The molecule has 4 heteroatoms. The molecule has 0 spiro atoms. The standard InChI is InChI=1S/C26H20N2O2/c1-2-29-22-15-9-10-19(16-22)18-28-26-23(17-27)24(20-11-5-3-6-12-20)25(30-26)21-13-7-4-8-14-21/h3-16,18H,2H2,1H3. The Bertz CT molecular complexity index is 1200. The maximum Gasteiger partial charge on any atom is 0.238 e. The number of hydrogen-bond acceptors (Lipinski definition) is 4. The van der Waals surface area contributed by atoms with Gasteiger partial charge in [0.2, 0.25) is 5.88 Å². The molecule has 0 unspecified atom stereocenters. The first-order chi connectivity index (χ1) is 14.8. The first kappa shape index (κ1) is 19.2. The Morgan fingerprint density at radius 1 is 0.933 bits per heavy atom. The summed E-state index contributed by atoms with van der Waals surface area (Å²) in [5.41, 5.74) is 3.84. The van der Waals surface area contributed by atoms with Crippen molar-refractivity contribution < 1.29 is 9.15 Å². The van der Waals surface area contributed by atoms with Gasteiger partial charge in [0.05, 0.1) is 6.61 Å². The summed E-state index contributed by atoms with van der Waals surface area (Å²) in [6.07, 6.45) is 1.69. The average molecular weight is 392 g/mol. The topological polar surface area (TPSA) is 58.5 Å². The quantitative estimate of drug-likeness (QED) is 0.346. The lowest BCUT2D eigenvalue weighted by Gasteiger charge is -2.03. The average Bonchev–Trinajstić information content (AvgIpc) is 3.18. The van der Waals surface area contributed by atoms with Gasteiger partial charge in [-0.05, 0) is 30.2 Å². The SMILES string of the molecule is CCOc1cccc(C=Nc2oc(-c3ccccc3)c(-c3ccccc3)c2C#N)c1. The summed E-state index contributed by atoms with van der Waals surface area (Å²) in [7, 11) is 0. The van der Waals surface area contributed by atoms with Crippen LogP contribution in [0.15, 0.2) is 94.3 Å². The van der Waals surface area contributed by atoms with Gasteiger partial charge in [0.25, 0.3) is 0 Å². The van der Waals surface area contributed by atoms with E-state index in [9.17, 15) is 5.26 Å². The first-order valence-corrected chi connectivity index (χ1v) is 9.74. The Balaban J connectivity index is 1.82. The molecule has 1 heterocycles. The zero-order chi connectivity index (χ0) is 20.8. The highest BCUT2D eigenvalue weighted by Crippen LogP contribution is 2.42. The van der Waals surface area contributed by atoms with Crippen molar-refractivity contribution in [2.75, 3.05) is 6.61 Å². The molecule has 0 fully saturated rings. The Kier molecular flexibility index (Phi) is 5.73. The van der Waals surface area contributed by atoms with Crippen LogP contribution < -0.4 is 4.74 Å². The van der Waals surface area contributed by atoms with E-state index in [0.717, 1.165) is 28.0 Å². The van der Waals surface area contributed by atoms with Crippen molar-refractivity contribution in [3.8, 4) is 34.3 Å². The number of benzene rings is 3. The third-order valence-electron chi connectivity index (χ3n) is 4.60. The zero-order valence-electron chi connectivity index (χ0n) is 16.6. The summed E-state index contributed by atoms with van der Waals surface area (Å²) in [6.45, 7) is 2.54. The van der Waals surface area contributed by atoms with E-state index < -0.39 is 0 Å². The second-order valence-corrected chi connectivity index (χ2v) is 6.59. The molecule has 0 radical (unpaired) electrons. The van der Waals surface area contributed by atoms with Gasteiger partial charge in [-0.3, -0.25) is 0 Å². The second-order valence-electron chi connectivity index (χ2n) is 6.59. The summed E-state index contributed by atoms with van der Waals surface area (Å²) < 4.78 is 11.7. The predicted molar refractivity (Wildman–Crippen MR) is 119 cm³/mol. The number of nitrogens with zero attached hydrogens (tertiary/aromatic N) is 2. The highest BCUT2D eigenvalue weighted by molar-refractivity contribution is 5.89. The molecule has 0 bridgehead atoms. The molecule has 4 nitrogen and oxygen atoms in total. The molecular weight excluding hydrogens is 372 g/mol. The molecule has 0 saturated heterocycles. The molecule has 4 rings (SSSR count). The van der Waals surface area contributed by atoms with Gasteiger partial charge in [0.1, 0.15) is 23.1 Å². The van der Waals surface area contributed by atoms with Crippen molar-refractivity contribution in [2.24, 2.45) is 4.99 Å². The largest absolute Gasteiger partial charge is 0.494 e. The van der Waals surface area contributed by atoms with E-state index in [1.807, 2.05) is 91.9 Å². The minimum absolute atomic E-state index is 0.289. The maximum absolute atomic E-state index is 9.93. The van der Waals surface area contributed by atoms with Gasteiger partial charge in [0, 0.05) is 17.3 Å². The monoisotopic (exact) mass is 392 g/mol. The van der Waals surface area contributed by atoms with E-state index >= 15 is 0 Å². The molecule has 0 atom stereocenters. The van der Waals surface area contributed by atoms with E-state index in [4.69, 9.17) is 9.15 Å². The summed E-state index contributed by atoms with van der Waals surface area (Å²) in [4.78, 5) is 4.51. The first-order valence-electron chi connectivity index (χ1n) is 9.74. The van der Waals surface area contributed by atoms with Gasteiger partial charge in [-0.2, -0.15) is 5.26 Å². The fourth-order valence-corrected chi connectivity index (χ4v) is 3.27. The molecule has 0 aliphatic rings. The fraction of sp³-hybridized carbons (Fsp3) is 0.0769. The second kappa shape index (κ2) is 8.93. The lowest BCUT2D eigenvalue weighted by molar-refractivity contribution is 0.340. The normalized spacial score (nSPS) is 10.8. The molecule has 0 amide bonds. The van der Waals surface area contributed by atoms with E-state index in [2.05, 4.69) is 11.1 Å². The smallest absolute Gasteiger partial charge is 0.238 e. The number of nitriles is 1. The van der Waals surface area contributed by atoms with Crippen molar-refractivity contribution in [3.05, 3.63) is 96.1 Å². The van der Waals surface area contributed by atoms with Crippen LogP contribution in [0.5, 0.6) is 5.75 Å². The summed E-state index contributed by atoms with van der Waals surface area (Å²) >= 11 is 0. The van der Waals surface area contributed by atoms with Gasteiger partial charge < -0.3 is 9.15 Å². The summed E-state index contributed by atoms with van der Waals surface area (Å²) in [5, 5.41) is 9.93. The van der Waals surface area contributed by atoms with Crippen molar-refractivity contribution in [1.29, 1.82) is 5.26 Å². The van der Waals surface area contributed by atoms with Crippen LogP contribution >= 0.6 is 0 Å². The van der Waals surface area contributed by atoms with Crippen molar-refractivity contribution >= 4 is 12.1 Å². The van der Waals surface area contributed by atoms with Crippen LogP contribution in [-0.2, 0) is 0 Å². The Hall–Kier alpha value is -4.10. The van der Waals surface area contributed by atoms with Crippen LogP contribution in [0.2, 0.25) is 0 Å². The lowest BCUT2D eigenvalue weighted by atomic mass is 9.98.